The third kappa shape index (κ3) is 7.70. The Morgan fingerprint density at radius 3 is 2.03 bits per heavy atom. The number of nitrogens with one attached hydrogen (secondary N) is 2. The average molecular weight is 660 g/mol. The predicted molar refractivity (Wildman–Crippen MR) is 144 cm³/mol. The van der Waals surface area contributed by atoms with Gasteiger partial charge in [-0.25, -0.2) is 21.6 Å². The summed E-state index contributed by atoms with van der Waals surface area (Å²) in [5.74, 6) is -1.06. The highest BCUT2D eigenvalue weighted by Gasteiger charge is 2.28. The number of unbranched alkanes of at least 4 members (excludes halogenated alkanes) is 1. The molecule has 0 heterocycles. The zero-order chi connectivity index (χ0) is 26.3. The smallest absolute Gasteiger partial charge is 0.343 e. The topological polar surface area (TPSA) is 119 Å². The van der Waals surface area contributed by atoms with E-state index in [1.807, 2.05) is 31.2 Å². The Labute approximate surface area is 227 Å². The van der Waals surface area contributed by atoms with Crippen molar-refractivity contribution in [2.45, 2.75) is 42.0 Å². The Hall–Kier alpha value is -2.09. The highest BCUT2D eigenvalue weighted by molar-refractivity contribution is 9.10. The summed E-state index contributed by atoms with van der Waals surface area (Å²) in [4.78, 5) is 19.1. The van der Waals surface area contributed by atoms with Gasteiger partial charge in [0.15, 0.2) is 0 Å². The molecular weight excluding hydrogens is 636 g/mol. The molecule has 3 rings (SSSR count). The Morgan fingerprint density at radius 1 is 0.833 bits per heavy atom. The second kappa shape index (κ2) is 12.4. The average Bonchev–Trinajstić information content (AvgIpc) is 2.85. The largest absolute Gasteiger partial charge is 0.354 e. The van der Waals surface area contributed by atoms with Crippen molar-refractivity contribution in [1.82, 2.24) is 9.61 Å². The number of benzene rings is 3. The number of rotatable bonds is 11. The third-order valence-electron chi connectivity index (χ3n) is 5.13. The minimum absolute atomic E-state index is 0.0348. The number of hydrogen-bond donors (Lipinski definition) is 2. The van der Waals surface area contributed by atoms with Gasteiger partial charge in [0, 0.05) is 8.95 Å². The molecule has 8 nitrogen and oxygen atoms in total. The van der Waals surface area contributed by atoms with Crippen LogP contribution in [0.2, 0.25) is 0 Å². The van der Waals surface area contributed by atoms with Gasteiger partial charge >= 0.3 is 5.97 Å². The second-order valence-electron chi connectivity index (χ2n) is 7.81. The van der Waals surface area contributed by atoms with E-state index < -0.39 is 32.1 Å². The molecule has 12 heteroatoms. The number of carbonyl (C=O) groups is 1. The molecule has 3 aromatic carbocycles. The van der Waals surface area contributed by atoms with E-state index in [4.69, 9.17) is 4.84 Å². The molecule has 1 atom stereocenters. The maximum Gasteiger partial charge on any atom is 0.343 e. The summed E-state index contributed by atoms with van der Waals surface area (Å²) in [6.45, 7) is 1.88. The van der Waals surface area contributed by atoms with Crippen LogP contribution in [-0.4, -0.2) is 28.8 Å². The maximum atomic E-state index is 13.0. The number of hydrogen-bond acceptors (Lipinski definition) is 6. The van der Waals surface area contributed by atoms with Gasteiger partial charge in [-0.2, -0.15) is 4.72 Å². The zero-order valence-corrected chi connectivity index (χ0v) is 24.0. The minimum Gasteiger partial charge on any atom is -0.354 e. The van der Waals surface area contributed by atoms with E-state index in [0.29, 0.717) is 17.3 Å². The van der Waals surface area contributed by atoms with Crippen LogP contribution in [0.15, 0.2) is 91.5 Å². The molecule has 0 bridgehead atoms. The van der Waals surface area contributed by atoms with E-state index in [1.165, 1.54) is 30.3 Å². The summed E-state index contributed by atoms with van der Waals surface area (Å²) in [5, 5.41) is 0. The third-order valence-corrected chi connectivity index (χ3v) is 8.82. The van der Waals surface area contributed by atoms with E-state index >= 15 is 0 Å². The molecule has 0 saturated carbocycles. The lowest BCUT2D eigenvalue weighted by atomic mass is 10.1. The van der Waals surface area contributed by atoms with Crippen LogP contribution in [0.25, 0.3) is 11.1 Å². The molecule has 0 amide bonds. The van der Waals surface area contributed by atoms with E-state index in [-0.39, 0.29) is 16.2 Å². The molecule has 0 aliphatic carbocycles. The highest BCUT2D eigenvalue weighted by atomic mass is 79.9. The van der Waals surface area contributed by atoms with E-state index in [1.54, 1.807) is 23.1 Å². The van der Waals surface area contributed by atoms with Crippen LogP contribution < -0.4 is 9.61 Å². The molecule has 3 aromatic rings. The Balaban J connectivity index is 1.73. The Bertz CT molecular complexity index is 1410. The summed E-state index contributed by atoms with van der Waals surface area (Å²) in [6.07, 6.45) is 1.34. The molecule has 0 aromatic heterocycles. The summed E-state index contributed by atoms with van der Waals surface area (Å²) < 4.78 is 54.7. The first-order chi connectivity index (χ1) is 17.0. The molecule has 36 heavy (non-hydrogen) atoms. The van der Waals surface area contributed by atoms with Gasteiger partial charge in [-0.05, 0) is 64.9 Å². The lowest BCUT2D eigenvalue weighted by Gasteiger charge is -2.17. The van der Waals surface area contributed by atoms with Crippen molar-refractivity contribution < 1.29 is 26.5 Å². The van der Waals surface area contributed by atoms with Crippen LogP contribution in [-0.2, 0) is 29.7 Å². The van der Waals surface area contributed by atoms with Gasteiger partial charge < -0.3 is 4.84 Å². The van der Waals surface area contributed by atoms with Crippen molar-refractivity contribution in [3.8, 4) is 11.1 Å². The van der Waals surface area contributed by atoms with Crippen LogP contribution in [0.4, 0.5) is 0 Å². The van der Waals surface area contributed by atoms with Crippen molar-refractivity contribution in [1.29, 1.82) is 0 Å². The Morgan fingerprint density at radius 2 is 1.44 bits per heavy atom. The molecule has 0 fully saturated rings. The van der Waals surface area contributed by atoms with Gasteiger partial charge in [0.25, 0.3) is 10.0 Å². The van der Waals surface area contributed by atoms with Gasteiger partial charge in [0.05, 0.1) is 9.79 Å². The first kappa shape index (κ1) is 28.5. The fourth-order valence-electron chi connectivity index (χ4n) is 3.21. The van der Waals surface area contributed by atoms with Crippen LogP contribution >= 0.6 is 31.9 Å². The molecule has 0 aliphatic rings. The van der Waals surface area contributed by atoms with Crippen LogP contribution in [0.5, 0.6) is 0 Å². The van der Waals surface area contributed by atoms with E-state index in [0.717, 1.165) is 15.6 Å². The second-order valence-corrected chi connectivity index (χ2v) is 13.0. The molecule has 2 N–H and O–H groups in total. The lowest BCUT2D eigenvalue weighted by Crippen LogP contribution is -2.44. The molecule has 0 aliphatic heterocycles. The van der Waals surface area contributed by atoms with Crippen LogP contribution in [0, 0.1) is 0 Å². The predicted octanol–water partition coefficient (Wildman–Crippen LogP) is 5.15. The van der Waals surface area contributed by atoms with Gasteiger partial charge in [0.1, 0.15) is 6.04 Å². The summed E-state index contributed by atoms with van der Waals surface area (Å²) in [6, 6.07) is 18.3. The van der Waals surface area contributed by atoms with E-state index in [9.17, 15) is 21.6 Å². The first-order valence-corrected chi connectivity index (χ1v) is 15.4. The fraction of sp³-hybridized carbons (Fsp3) is 0.208. The number of halogens is 2. The number of sulfonamides is 2. The molecule has 0 saturated heterocycles. The molecule has 0 spiro atoms. The highest BCUT2D eigenvalue weighted by Crippen LogP contribution is 2.23. The summed E-state index contributed by atoms with van der Waals surface area (Å²) >= 11 is 6.56. The van der Waals surface area contributed by atoms with Crippen molar-refractivity contribution >= 4 is 57.9 Å². The lowest BCUT2D eigenvalue weighted by molar-refractivity contribution is -0.149. The van der Waals surface area contributed by atoms with Gasteiger partial charge in [0.2, 0.25) is 10.0 Å². The Kier molecular flexibility index (Phi) is 9.84. The molecule has 0 radical (unpaired) electrons. The summed E-state index contributed by atoms with van der Waals surface area (Å²) in [7, 11) is -8.26. The van der Waals surface area contributed by atoms with Crippen molar-refractivity contribution in [3.63, 3.8) is 0 Å². The minimum atomic E-state index is -4.16. The maximum absolute atomic E-state index is 13.0. The standard InChI is InChI=1S/C24H24Br2N2O6S2/c1-2-3-7-23(24(29)34-28-36(32,33)22-6-4-5-20(26)16-22)27-35(30,31)21-14-10-18(11-15-21)17-8-12-19(25)13-9-17/h4-6,8-16,23,27-28H,2-3,7H2,1H3. The molecular formula is C24H24Br2N2O6S2. The van der Waals surface area contributed by atoms with Crippen molar-refractivity contribution in [2.24, 2.45) is 0 Å². The van der Waals surface area contributed by atoms with Gasteiger partial charge in [-0.15, -0.1) is 0 Å². The quantitative estimate of drug-likeness (QED) is 0.275. The molecule has 1 unspecified atom stereocenters. The van der Waals surface area contributed by atoms with Crippen LogP contribution in [0.3, 0.4) is 0 Å². The number of carbonyl (C=O) groups excluding carboxylic acids is 1. The summed E-state index contributed by atoms with van der Waals surface area (Å²) in [5.41, 5.74) is 1.74. The van der Waals surface area contributed by atoms with Gasteiger partial charge in [-0.1, -0.05) is 82.0 Å². The van der Waals surface area contributed by atoms with Crippen molar-refractivity contribution in [2.75, 3.05) is 0 Å². The SMILES string of the molecule is CCCCC(NS(=O)(=O)c1ccc(-c2ccc(Br)cc2)cc1)C(=O)ONS(=O)(=O)c1cccc(Br)c1. The van der Waals surface area contributed by atoms with Crippen molar-refractivity contribution in [3.05, 3.63) is 81.7 Å². The monoisotopic (exact) mass is 658 g/mol. The van der Waals surface area contributed by atoms with E-state index in [2.05, 4.69) is 36.6 Å². The molecule has 192 valence electrons. The first-order valence-electron chi connectivity index (χ1n) is 10.9. The zero-order valence-electron chi connectivity index (χ0n) is 19.1. The fourth-order valence-corrected chi connectivity index (χ4v) is 6.07. The van der Waals surface area contributed by atoms with Gasteiger partial charge in [-0.3, -0.25) is 0 Å². The normalized spacial score (nSPS) is 12.8. The van der Waals surface area contributed by atoms with Crippen LogP contribution in [0.1, 0.15) is 26.2 Å².